The van der Waals surface area contributed by atoms with Gasteiger partial charge in [0, 0.05) is 19.1 Å². The molecule has 110 valence electrons. The number of aromatic nitrogens is 2. The van der Waals surface area contributed by atoms with Crippen molar-refractivity contribution >= 4 is 11.5 Å². The summed E-state index contributed by atoms with van der Waals surface area (Å²) in [6, 6.07) is 0. The van der Waals surface area contributed by atoms with Gasteiger partial charge in [-0.15, -0.1) is 0 Å². The largest absolute Gasteiger partial charge is 0.476 e. The molecule has 1 aromatic heterocycles. The quantitative estimate of drug-likeness (QED) is 0.827. The van der Waals surface area contributed by atoms with Gasteiger partial charge in [0.1, 0.15) is 11.5 Å². The van der Waals surface area contributed by atoms with Crippen molar-refractivity contribution in [3.05, 3.63) is 5.82 Å². The van der Waals surface area contributed by atoms with E-state index in [1.807, 2.05) is 6.92 Å². The van der Waals surface area contributed by atoms with Crippen molar-refractivity contribution in [2.45, 2.75) is 44.6 Å². The van der Waals surface area contributed by atoms with Crippen LogP contribution >= 0.6 is 0 Å². The van der Waals surface area contributed by atoms with Crippen molar-refractivity contribution in [3.63, 3.8) is 0 Å². The van der Waals surface area contributed by atoms with Gasteiger partial charge >= 0.3 is 0 Å². The van der Waals surface area contributed by atoms with E-state index >= 15 is 0 Å². The standard InChI is InChI=1S/C14H22N4O2/c1-2-19-14-11(15)13(16-8-10-4-3-7-20-10)17-12(18-14)9-5-6-9/h9-10H,2-8,15H2,1H3,(H,16,17,18). The van der Waals surface area contributed by atoms with Crippen molar-refractivity contribution in [1.82, 2.24) is 9.97 Å². The zero-order valence-corrected chi connectivity index (χ0v) is 11.9. The lowest BCUT2D eigenvalue weighted by Gasteiger charge is -2.15. The molecule has 1 aliphatic carbocycles. The molecule has 2 heterocycles. The summed E-state index contributed by atoms with van der Waals surface area (Å²) in [5, 5.41) is 3.30. The van der Waals surface area contributed by atoms with Gasteiger partial charge < -0.3 is 20.5 Å². The number of hydrogen-bond donors (Lipinski definition) is 2. The summed E-state index contributed by atoms with van der Waals surface area (Å²) in [7, 11) is 0. The molecular formula is C14H22N4O2. The Morgan fingerprint density at radius 1 is 1.35 bits per heavy atom. The highest BCUT2D eigenvalue weighted by molar-refractivity contribution is 5.67. The fourth-order valence-electron chi connectivity index (χ4n) is 2.39. The monoisotopic (exact) mass is 278 g/mol. The molecule has 0 spiro atoms. The predicted octanol–water partition coefficient (Wildman–Crippen LogP) is 1.93. The maximum absolute atomic E-state index is 6.09. The van der Waals surface area contributed by atoms with Gasteiger partial charge in [-0.2, -0.15) is 4.98 Å². The molecule has 20 heavy (non-hydrogen) atoms. The summed E-state index contributed by atoms with van der Waals surface area (Å²) in [5.74, 6) is 2.50. The lowest BCUT2D eigenvalue weighted by atomic mass is 10.2. The van der Waals surface area contributed by atoms with Crippen molar-refractivity contribution in [2.24, 2.45) is 0 Å². The Hall–Kier alpha value is -1.56. The summed E-state index contributed by atoms with van der Waals surface area (Å²) < 4.78 is 11.1. The molecule has 1 aromatic rings. The van der Waals surface area contributed by atoms with Crippen molar-refractivity contribution in [2.75, 3.05) is 30.8 Å². The van der Waals surface area contributed by atoms with E-state index in [0.29, 0.717) is 29.9 Å². The number of nitrogen functional groups attached to an aromatic ring is 1. The van der Waals surface area contributed by atoms with Crippen LogP contribution in [0.5, 0.6) is 5.88 Å². The van der Waals surface area contributed by atoms with Crippen LogP contribution in [0.25, 0.3) is 0 Å². The molecule has 1 saturated carbocycles. The predicted molar refractivity (Wildman–Crippen MR) is 77.1 cm³/mol. The Bertz CT molecular complexity index is 470. The number of rotatable bonds is 6. The first-order chi connectivity index (χ1) is 9.78. The number of hydrogen-bond acceptors (Lipinski definition) is 6. The van der Waals surface area contributed by atoms with Gasteiger partial charge in [-0.3, -0.25) is 0 Å². The molecule has 0 radical (unpaired) electrons. The molecule has 2 aliphatic rings. The van der Waals surface area contributed by atoms with Crippen LogP contribution in [0.2, 0.25) is 0 Å². The molecule has 0 amide bonds. The maximum Gasteiger partial charge on any atom is 0.242 e. The van der Waals surface area contributed by atoms with E-state index in [1.54, 1.807) is 0 Å². The molecular weight excluding hydrogens is 256 g/mol. The summed E-state index contributed by atoms with van der Waals surface area (Å²) in [5.41, 5.74) is 6.58. The number of ether oxygens (including phenoxy) is 2. The molecule has 6 nitrogen and oxygen atoms in total. The van der Waals surface area contributed by atoms with E-state index in [1.165, 1.54) is 0 Å². The fraction of sp³-hybridized carbons (Fsp3) is 0.714. The minimum atomic E-state index is 0.254. The zero-order valence-electron chi connectivity index (χ0n) is 11.9. The number of nitrogens with two attached hydrogens (primary N) is 1. The molecule has 2 fully saturated rings. The minimum Gasteiger partial charge on any atom is -0.476 e. The van der Waals surface area contributed by atoms with E-state index in [2.05, 4.69) is 15.3 Å². The molecule has 6 heteroatoms. The van der Waals surface area contributed by atoms with Crippen LogP contribution in [0.3, 0.4) is 0 Å². The normalized spacial score (nSPS) is 21.9. The third-order valence-corrected chi connectivity index (χ3v) is 3.67. The highest BCUT2D eigenvalue weighted by atomic mass is 16.5. The molecule has 0 aromatic carbocycles. The summed E-state index contributed by atoms with van der Waals surface area (Å²) in [6.45, 7) is 4.06. The maximum atomic E-state index is 6.09. The third-order valence-electron chi connectivity index (χ3n) is 3.67. The van der Waals surface area contributed by atoms with Gasteiger partial charge in [0.2, 0.25) is 5.88 Å². The Morgan fingerprint density at radius 2 is 2.20 bits per heavy atom. The lowest BCUT2D eigenvalue weighted by Crippen LogP contribution is -2.20. The molecule has 1 aliphatic heterocycles. The Morgan fingerprint density at radius 3 is 2.85 bits per heavy atom. The highest BCUT2D eigenvalue weighted by Gasteiger charge is 2.29. The first-order valence-electron chi connectivity index (χ1n) is 7.43. The van der Waals surface area contributed by atoms with E-state index in [9.17, 15) is 0 Å². The molecule has 0 bridgehead atoms. The number of anilines is 2. The second-order valence-corrected chi connectivity index (χ2v) is 5.37. The van der Waals surface area contributed by atoms with Gasteiger partial charge in [0.05, 0.1) is 12.7 Å². The van der Waals surface area contributed by atoms with Crippen LogP contribution in [0.1, 0.15) is 44.3 Å². The van der Waals surface area contributed by atoms with Gasteiger partial charge in [0.15, 0.2) is 5.82 Å². The smallest absolute Gasteiger partial charge is 0.242 e. The molecule has 1 atom stereocenters. The first-order valence-corrected chi connectivity index (χ1v) is 7.43. The van der Waals surface area contributed by atoms with Crippen molar-refractivity contribution in [3.8, 4) is 5.88 Å². The van der Waals surface area contributed by atoms with Gasteiger partial charge in [0.25, 0.3) is 0 Å². The van der Waals surface area contributed by atoms with Crippen molar-refractivity contribution < 1.29 is 9.47 Å². The summed E-state index contributed by atoms with van der Waals surface area (Å²) in [6.07, 6.45) is 4.78. The molecule has 1 unspecified atom stereocenters. The van der Waals surface area contributed by atoms with Crippen LogP contribution < -0.4 is 15.8 Å². The average Bonchev–Trinajstić information content (AvgIpc) is 3.17. The minimum absolute atomic E-state index is 0.254. The second-order valence-electron chi connectivity index (χ2n) is 5.37. The molecule has 3 rings (SSSR count). The Labute approximate surface area is 119 Å². The number of nitrogens with one attached hydrogen (secondary N) is 1. The summed E-state index contributed by atoms with van der Waals surface area (Å²) in [4.78, 5) is 8.99. The lowest BCUT2D eigenvalue weighted by molar-refractivity contribution is 0.120. The van der Waals surface area contributed by atoms with E-state index < -0.39 is 0 Å². The summed E-state index contributed by atoms with van der Waals surface area (Å²) >= 11 is 0. The SMILES string of the molecule is CCOc1nc(C2CC2)nc(NCC2CCCO2)c1N. The average molecular weight is 278 g/mol. The molecule has 3 N–H and O–H groups in total. The van der Waals surface area contributed by atoms with E-state index in [-0.39, 0.29) is 6.10 Å². The molecule has 1 saturated heterocycles. The van der Waals surface area contributed by atoms with E-state index in [4.69, 9.17) is 15.2 Å². The van der Waals surface area contributed by atoms with Gasteiger partial charge in [-0.05, 0) is 32.6 Å². The topological polar surface area (TPSA) is 82.3 Å². The van der Waals surface area contributed by atoms with Crippen LogP contribution in [0.15, 0.2) is 0 Å². The van der Waals surface area contributed by atoms with Crippen LogP contribution in [0.4, 0.5) is 11.5 Å². The number of nitrogens with zero attached hydrogens (tertiary/aromatic N) is 2. The van der Waals surface area contributed by atoms with Crippen LogP contribution in [0, 0.1) is 0 Å². The van der Waals surface area contributed by atoms with E-state index in [0.717, 1.165) is 44.7 Å². The first kappa shape index (κ1) is 13.4. The van der Waals surface area contributed by atoms with Crippen LogP contribution in [-0.4, -0.2) is 35.8 Å². The third kappa shape index (κ3) is 2.95. The van der Waals surface area contributed by atoms with Gasteiger partial charge in [-0.25, -0.2) is 4.98 Å². The van der Waals surface area contributed by atoms with Crippen LogP contribution in [-0.2, 0) is 4.74 Å². The Kier molecular flexibility index (Phi) is 3.91. The fourth-order valence-corrected chi connectivity index (χ4v) is 2.39. The second kappa shape index (κ2) is 5.83. The van der Waals surface area contributed by atoms with Gasteiger partial charge in [-0.1, -0.05) is 0 Å². The highest BCUT2D eigenvalue weighted by Crippen LogP contribution is 2.40. The zero-order chi connectivity index (χ0) is 13.9. The Balaban J connectivity index is 1.76. The van der Waals surface area contributed by atoms with Crippen molar-refractivity contribution in [1.29, 1.82) is 0 Å².